The molecule has 4 unspecified atom stereocenters. The summed E-state index contributed by atoms with van der Waals surface area (Å²) in [5.74, 6) is -5.22. The van der Waals surface area contributed by atoms with E-state index in [2.05, 4.69) is 10.2 Å². The second kappa shape index (κ2) is 8.09. The summed E-state index contributed by atoms with van der Waals surface area (Å²) in [6, 6.07) is 2.75. The molecule has 0 radical (unpaired) electrons. The molecule has 3 saturated heterocycles. The third-order valence-corrected chi connectivity index (χ3v) is 7.36. The van der Waals surface area contributed by atoms with Crippen LogP contribution in [0.25, 0.3) is 0 Å². The van der Waals surface area contributed by atoms with Gasteiger partial charge in [0, 0.05) is 37.3 Å². The van der Waals surface area contributed by atoms with Gasteiger partial charge in [-0.2, -0.15) is 0 Å². The first kappa shape index (κ1) is 21.8. The predicted molar refractivity (Wildman–Crippen MR) is 112 cm³/mol. The lowest BCUT2D eigenvalue weighted by Crippen LogP contribution is -2.67. The van der Waals surface area contributed by atoms with Crippen LogP contribution in [0.4, 0.5) is 8.78 Å². The molecule has 0 aliphatic carbocycles. The first-order valence-corrected chi connectivity index (χ1v) is 11.3. The number of likely N-dealkylation sites (N-methyl/N-ethyl adjacent to an activating group) is 1. The number of ketones is 1. The number of nitrogens with one attached hydrogen (secondary N) is 1. The third kappa shape index (κ3) is 3.47. The summed E-state index contributed by atoms with van der Waals surface area (Å²) in [6.07, 6.45) is 2.31. The number of aliphatic hydroxyl groups is 1. The highest BCUT2D eigenvalue weighted by molar-refractivity contribution is 6.12. The Bertz CT molecular complexity index is 1060. The number of Topliss-reactive ketones (excluding diaryl/α,β-unsaturated/α-hetero) is 1. The van der Waals surface area contributed by atoms with Crippen molar-refractivity contribution in [3.63, 3.8) is 0 Å². The molecule has 10 heteroatoms. The van der Waals surface area contributed by atoms with E-state index in [0.717, 1.165) is 31.5 Å². The quantitative estimate of drug-likeness (QED) is 0.661. The van der Waals surface area contributed by atoms with Crippen molar-refractivity contribution in [2.24, 2.45) is 5.92 Å². The summed E-state index contributed by atoms with van der Waals surface area (Å²) in [4.78, 5) is 45.1. The van der Waals surface area contributed by atoms with Crippen LogP contribution in [0.2, 0.25) is 0 Å². The molecular weight excluding hydrogens is 434 g/mol. The van der Waals surface area contributed by atoms with E-state index in [-0.39, 0.29) is 48.4 Å². The SMILES string of the molecule is CN1CCCN2C(=O)C3=C(O)C(=O)C(C(=O)NCc4ccc(F)cc4F)CC4CCC(C12)N34. The number of hydrogen-bond donors (Lipinski definition) is 2. The van der Waals surface area contributed by atoms with Crippen LogP contribution in [0.5, 0.6) is 0 Å². The summed E-state index contributed by atoms with van der Waals surface area (Å²) >= 11 is 0. The smallest absolute Gasteiger partial charge is 0.275 e. The number of allylic oxidation sites excluding steroid dienone is 1. The second-order valence-electron chi connectivity index (χ2n) is 9.26. The van der Waals surface area contributed by atoms with Gasteiger partial charge in [-0.15, -0.1) is 0 Å². The lowest BCUT2D eigenvalue weighted by Gasteiger charge is -2.53. The topological polar surface area (TPSA) is 93.2 Å². The fourth-order valence-electron chi connectivity index (χ4n) is 5.83. The summed E-state index contributed by atoms with van der Waals surface area (Å²) in [5, 5.41) is 13.4. The Kier molecular flexibility index (Phi) is 5.35. The molecule has 176 valence electrons. The van der Waals surface area contributed by atoms with E-state index in [0.29, 0.717) is 13.0 Å². The Morgan fingerprint density at radius 2 is 2.00 bits per heavy atom. The molecule has 3 fully saturated rings. The van der Waals surface area contributed by atoms with Crippen molar-refractivity contribution in [1.29, 1.82) is 0 Å². The van der Waals surface area contributed by atoms with Gasteiger partial charge in [-0.25, -0.2) is 8.78 Å². The average molecular weight is 460 g/mol. The summed E-state index contributed by atoms with van der Waals surface area (Å²) in [6.45, 7) is 1.20. The number of aliphatic hydroxyl groups excluding tert-OH is 1. The molecule has 1 aromatic carbocycles. The van der Waals surface area contributed by atoms with E-state index < -0.39 is 35.0 Å². The second-order valence-corrected chi connectivity index (χ2v) is 9.26. The van der Waals surface area contributed by atoms with Crippen LogP contribution < -0.4 is 5.32 Å². The molecule has 4 heterocycles. The van der Waals surface area contributed by atoms with Gasteiger partial charge < -0.3 is 20.2 Å². The van der Waals surface area contributed by atoms with Crippen molar-refractivity contribution >= 4 is 17.6 Å². The molecule has 4 aliphatic rings. The minimum atomic E-state index is -1.20. The fourth-order valence-corrected chi connectivity index (χ4v) is 5.83. The minimum absolute atomic E-state index is 0.000992. The maximum Gasteiger partial charge on any atom is 0.275 e. The molecule has 1 aromatic rings. The third-order valence-electron chi connectivity index (χ3n) is 7.36. The van der Waals surface area contributed by atoms with Gasteiger partial charge in [0.15, 0.2) is 5.76 Å². The molecule has 4 atom stereocenters. The molecule has 2 amide bonds. The van der Waals surface area contributed by atoms with E-state index in [4.69, 9.17) is 0 Å². The number of carbonyl (C=O) groups excluding carboxylic acids is 3. The van der Waals surface area contributed by atoms with Gasteiger partial charge in [0.1, 0.15) is 29.4 Å². The van der Waals surface area contributed by atoms with Crippen LogP contribution >= 0.6 is 0 Å². The summed E-state index contributed by atoms with van der Waals surface area (Å²) in [5.41, 5.74) is 0.0840. The lowest BCUT2D eigenvalue weighted by atomic mass is 9.93. The number of nitrogens with zero attached hydrogens (tertiary/aromatic N) is 3. The maximum absolute atomic E-state index is 13.9. The largest absolute Gasteiger partial charge is 0.503 e. The molecule has 0 bridgehead atoms. The monoisotopic (exact) mass is 460 g/mol. The standard InChI is InChI=1S/C23H26F2N4O4/c1-27-7-2-8-28-22(27)17-6-5-14-10-15(19(30)20(31)18(23(28)33)29(14)17)21(32)26-11-12-3-4-13(24)9-16(12)25/h3-4,9,14-15,17,22,31H,2,5-8,10-11H2,1H3,(H,26,32). The molecule has 33 heavy (non-hydrogen) atoms. The van der Waals surface area contributed by atoms with E-state index in [1.165, 1.54) is 6.07 Å². The molecule has 2 N–H and O–H groups in total. The van der Waals surface area contributed by atoms with Crippen molar-refractivity contribution in [3.8, 4) is 0 Å². The van der Waals surface area contributed by atoms with E-state index >= 15 is 0 Å². The Morgan fingerprint density at radius 3 is 2.76 bits per heavy atom. The number of halogens is 2. The molecule has 0 aromatic heterocycles. The van der Waals surface area contributed by atoms with Gasteiger partial charge >= 0.3 is 0 Å². The highest BCUT2D eigenvalue weighted by Crippen LogP contribution is 2.44. The van der Waals surface area contributed by atoms with Crippen molar-refractivity contribution < 1.29 is 28.3 Å². The Labute approximate surface area is 189 Å². The van der Waals surface area contributed by atoms with Gasteiger partial charge in [-0.1, -0.05) is 6.07 Å². The van der Waals surface area contributed by atoms with Crippen LogP contribution in [-0.4, -0.2) is 75.8 Å². The highest BCUT2D eigenvalue weighted by Gasteiger charge is 2.55. The van der Waals surface area contributed by atoms with Crippen LogP contribution in [-0.2, 0) is 20.9 Å². The highest BCUT2D eigenvalue weighted by atomic mass is 19.1. The zero-order valence-electron chi connectivity index (χ0n) is 18.3. The molecule has 4 aliphatic heterocycles. The van der Waals surface area contributed by atoms with Crippen molar-refractivity contribution in [2.45, 2.75) is 50.5 Å². The number of fused-ring (bicyclic) bond motifs is 2. The first-order chi connectivity index (χ1) is 15.8. The Morgan fingerprint density at radius 1 is 1.21 bits per heavy atom. The van der Waals surface area contributed by atoms with E-state index in [1.54, 1.807) is 4.90 Å². The van der Waals surface area contributed by atoms with Gasteiger partial charge in [-0.05, 0) is 38.8 Å². The fraction of sp³-hybridized carbons (Fsp3) is 0.522. The minimum Gasteiger partial charge on any atom is -0.503 e. The van der Waals surface area contributed by atoms with Crippen LogP contribution in [0.15, 0.2) is 29.7 Å². The Hall–Kier alpha value is -3.01. The first-order valence-electron chi connectivity index (χ1n) is 11.3. The molecule has 5 rings (SSSR count). The van der Waals surface area contributed by atoms with Crippen LogP contribution in [0.3, 0.4) is 0 Å². The molecule has 0 spiro atoms. The number of hydrogen-bond acceptors (Lipinski definition) is 6. The number of piperazine rings is 1. The predicted octanol–water partition coefficient (Wildman–Crippen LogP) is 1.28. The van der Waals surface area contributed by atoms with Crippen molar-refractivity contribution in [2.75, 3.05) is 20.1 Å². The van der Waals surface area contributed by atoms with Gasteiger partial charge in [0.2, 0.25) is 11.7 Å². The molecular formula is C23H26F2N4O4. The van der Waals surface area contributed by atoms with E-state index in [1.807, 2.05) is 11.9 Å². The van der Waals surface area contributed by atoms with Crippen LogP contribution in [0, 0.1) is 17.6 Å². The summed E-state index contributed by atoms with van der Waals surface area (Å²) < 4.78 is 27.1. The number of amides is 2. The lowest BCUT2D eigenvalue weighted by molar-refractivity contribution is -0.149. The van der Waals surface area contributed by atoms with Crippen LogP contribution in [0.1, 0.15) is 31.2 Å². The molecule has 8 nitrogen and oxygen atoms in total. The van der Waals surface area contributed by atoms with Gasteiger partial charge in [0.25, 0.3) is 5.91 Å². The number of benzene rings is 1. The van der Waals surface area contributed by atoms with Gasteiger partial charge in [-0.3, -0.25) is 19.3 Å². The number of rotatable bonds is 3. The maximum atomic E-state index is 13.9. The molecule has 0 saturated carbocycles. The van der Waals surface area contributed by atoms with Crippen molar-refractivity contribution in [3.05, 3.63) is 46.9 Å². The average Bonchev–Trinajstić information content (AvgIpc) is 3.14. The number of carbonyl (C=O) groups is 3. The van der Waals surface area contributed by atoms with Crippen molar-refractivity contribution in [1.82, 2.24) is 20.0 Å². The Balaban J connectivity index is 1.42. The summed E-state index contributed by atoms with van der Waals surface area (Å²) in [7, 11) is 1.97. The zero-order chi connectivity index (χ0) is 23.4. The normalized spacial score (nSPS) is 29.7. The van der Waals surface area contributed by atoms with Gasteiger partial charge in [0.05, 0.1) is 6.04 Å². The zero-order valence-corrected chi connectivity index (χ0v) is 18.3. The van der Waals surface area contributed by atoms with E-state index in [9.17, 15) is 28.3 Å².